The highest BCUT2D eigenvalue weighted by atomic mass is 19.1. The number of hydrogen-bond donors (Lipinski definition) is 3. The normalized spacial score (nSPS) is 20.2. The average Bonchev–Trinajstić information content (AvgIpc) is 2.95. The van der Waals surface area contributed by atoms with Crippen molar-refractivity contribution >= 4 is 22.5 Å². The monoisotopic (exact) mass is 296 g/mol. The van der Waals surface area contributed by atoms with Gasteiger partial charge in [-0.1, -0.05) is 18.2 Å². The van der Waals surface area contributed by atoms with Crippen molar-refractivity contribution in [2.45, 2.75) is 12.5 Å². The second kappa shape index (κ2) is 4.18. The summed E-state index contributed by atoms with van der Waals surface area (Å²) in [6, 6.07) is 11.3. The number of fused-ring (bicyclic) bond motifs is 2. The summed E-state index contributed by atoms with van der Waals surface area (Å²) in [5, 5.41) is 14.5. The molecule has 0 aliphatic carbocycles. The number of nitrogens with one attached hydrogen (secondary N) is 2. The zero-order chi connectivity index (χ0) is 15.5. The van der Waals surface area contributed by atoms with E-state index in [0.717, 1.165) is 10.9 Å². The van der Waals surface area contributed by atoms with Gasteiger partial charge in [0.1, 0.15) is 5.82 Å². The SMILES string of the molecule is Cc1[nH]c2ccccc2c1C1(O)C(=O)Nc2ccc(F)cc21. The molecule has 0 saturated carbocycles. The van der Waals surface area contributed by atoms with Gasteiger partial charge in [0.2, 0.25) is 0 Å². The summed E-state index contributed by atoms with van der Waals surface area (Å²) in [5.74, 6) is -1.06. The molecule has 1 aliphatic rings. The van der Waals surface area contributed by atoms with Crippen LogP contribution in [0.1, 0.15) is 16.8 Å². The fourth-order valence-electron chi connectivity index (χ4n) is 3.25. The van der Waals surface area contributed by atoms with Crippen LogP contribution in [-0.4, -0.2) is 16.0 Å². The number of halogens is 1. The molecule has 1 unspecified atom stereocenters. The van der Waals surface area contributed by atoms with Crippen molar-refractivity contribution in [3.63, 3.8) is 0 Å². The molecule has 4 rings (SSSR count). The van der Waals surface area contributed by atoms with E-state index in [1.165, 1.54) is 18.2 Å². The zero-order valence-electron chi connectivity index (χ0n) is 11.8. The second-order valence-electron chi connectivity index (χ2n) is 5.53. The van der Waals surface area contributed by atoms with Crippen molar-refractivity contribution in [1.29, 1.82) is 0 Å². The molecule has 0 saturated heterocycles. The van der Waals surface area contributed by atoms with Gasteiger partial charge in [0.15, 0.2) is 5.60 Å². The summed E-state index contributed by atoms with van der Waals surface area (Å²) in [7, 11) is 0. The Morgan fingerprint density at radius 1 is 1.18 bits per heavy atom. The molecule has 1 aliphatic heterocycles. The lowest BCUT2D eigenvalue weighted by Crippen LogP contribution is -2.35. The Morgan fingerprint density at radius 3 is 2.77 bits per heavy atom. The van der Waals surface area contributed by atoms with Gasteiger partial charge in [0, 0.05) is 33.4 Å². The quantitative estimate of drug-likeness (QED) is 0.646. The molecule has 1 aromatic heterocycles. The first-order valence-electron chi connectivity index (χ1n) is 6.93. The van der Waals surface area contributed by atoms with Crippen molar-refractivity contribution in [2.75, 3.05) is 5.32 Å². The second-order valence-corrected chi connectivity index (χ2v) is 5.53. The van der Waals surface area contributed by atoms with Gasteiger partial charge in [-0.15, -0.1) is 0 Å². The van der Waals surface area contributed by atoms with Gasteiger partial charge in [-0.2, -0.15) is 0 Å². The minimum atomic E-state index is -1.90. The predicted molar refractivity (Wildman–Crippen MR) is 81.1 cm³/mol. The van der Waals surface area contributed by atoms with E-state index in [9.17, 15) is 14.3 Å². The largest absolute Gasteiger partial charge is 0.372 e. The van der Waals surface area contributed by atoms with Crippen molar-refractivity contribution in [1.82, 2.24) is 4.98 Å². The summed E-state index contributed by atoms with van der Waals surface area (Å²) < 4.78 is 13.6. The highest BCUT2D eigenvalue weighted by Gasteiger charge is 2.49. The van der Waals surface area contributed by atoms with E-state index in [1.807, 2.05) is 24.3 Å². The molecule has 1 amide bonds. The third-order valence-corrected chi connectivity index (χ3v) is 4.20. The van der Waals surface area contributed by atoms with Gasteiger partial charge >= 0.3 is 0 Å². The third kappa shape index (κ3) is 1.51. The van der Waals surface area contributed by atoms with Crippen molar-refractivity contribution < 1.29 is 14.3 Å². The number of aryl methyl sites for hydroxylation is 1. The van der Waals surface area contributed by atoms with E-state index in [1.54, 1.807) is 6.92 Å². The number of aliphatic hydroxyl groups is 1. The molecule has 4 nitrogen and oxygen atoms in total. The Hall–Kier alpha value is -2.66. The molecule has 0 fully saturated rings. The Kier molecular flexibility index (Phi) is 2.47. The average molecular weight is 296 g/mol. The van der Waals surface area contributed by atoms with Gasteiger partial charge in [-0.05, 0) is 31.2 Å². The van der Waals surface area contributed by atoms with E-state index < -0.39 is 17.3 Å². The highest BCUT2D eigenvalue weighted by Crippen LogP contribution is 2.44. The molecular weight excluding hydrogens is 283 g/mol. The smallest absolute Gasteiger partial charge is 0.265 e. The van der Waals surface area contributed by atoms with Crippen LogP contribution in [0.5, 0.6) is 0 Å². The molecule has 2 aromatic carbocycles. The number of carbonyl (C=O) groups excluding carboxylic acids is 1. The molecule has 1 atom stereocenters. The number of carbonyl (C=O) groups is 1. The molecular formula is C17H13FN2O2. The van der Waals surface area contributed by atoms with Crippen LogP contribution in [0.25, 0.3) is 10.9 Å². The summed E-state index contributed by atoms with van der Waals surface area (Å²) in [6.45, 7) is 1.79. The molecule has 0 spiro atoms. The first-order chi connectivity index (χ1) is 10.5. The van der Waals surface area contributed by atoms with Crippen LogP contribution < -0.4 is 5.32 Å². The number of hydrogen-bond acceptors (Lipinski definition) is 2. The van der Waals surface area contributed by atoms with Gasteiger partial charge in [0.05, 0.1) is 0 Å². The van der Waals surface area contributed by atoms with Crippen molar-refractivity contribution in [3.05, 3.63) is 65.1 Å². The maximum atomic E-state index is 13.6. The zero-order valence-corrected chi connectivity index (χ0v) is 11.8. The number of aromatic amines is 1. The number of anilines is 1. The van der Waals surface area contributed by atoms with E-state index in [4.69, 9.17) is 0 Å². The van der Waals surface area contributed by atoms with Crippen LogP contribution in [0.15, 0.2) is 42.5 Å². The molecule has 5 heteroatoms. The summed E-state index contributed by atoms with van der Waals surface area (Å²) in [4.78, 5) is 15.6. The number of para-hydroxylation sites is 1. The van der Waals surface area contributed by atoms with E-state index in [-0.39, 0.29) is 5.56 Å². The van der Waals surface area contributed by atoms with Crippen molar-refractivity contribution in [3.8, 4) is 0 Å². The maximum absolute atomic E-state index is 13.6. The fourth-order valence-corrected chi connectivity index (χ4v) is 3.25. The minimum Gasteiger partial charge on any atom is -0.372 e. The Morgan fingerprint density at radius 2 is 1.95 bits per heavy atom. The topological polar surface area (TPSA) is 65.1 Å². The highest BCUT2D eigenvalue weighted by molar-refractivity contribution is 6.09. The summed E-state index contributed by atoms with van der Waals surface area (Å²) >= 11 is 0. The van der Waals surface area contributed by atoms with Crippen LogP contribution >= 0.6 is 0 Å². The fraction of sp³-hybridized carbons (Fsp3) is 0.118. The lowest BCUT2D eigenvalue weighted by Gasteiger charge is -2.22. The third-order valence-electron chi connectivity index (χ3n) is 4.20. The van der Waals surface area contributed by atoms with Crippen LogP contribution in [0.4, 0.5) is 10.1 Å². The molecule has 0 bridgehead atoms. The van der Waals surface area contributed by atoms with Crippen LogP contribution in [0, 0.1) is 12.7 Å². The number of rotatable bonds is 1. The van der Waals surface area contributed by atoms with Crippen LogP contribution in [0.2, 0.25) is 0 Å². The number of benzene rings is 2. The standard InChI is InChI=1S/C17H13FN2O2/c1-9-15(11-4-2-3-5-13(11)19-9)17(22)12-8-10(18)6-7-14(12)20-16(17)21/h2-8,19,22H,1H3,(H,20,21). The molecule has 110 valence electrons. The Bertz CT molecular complexity index is 932. The first-order valence-corrected chi connectivity index (χ1v) is 6.93. The van der Waals surface area contributed by atoms with E-state index >= 15 is 0 Å². The van der Waals surface area contributed by atoms with Gasteiger partial charge in [-0.3, -0.25) is 4.79 Å². The molecule has 22 heavy (non-hydrogen) atoms. The first kappa shape index (κ1) is 13.0. The summed E-state index contributed by atoms with van der Waals surface area (Å²) in [6.07, 6.45) is 0. The van der Waals surface area contributed by atoms with E-state index in [2.05, 4.69) is 10.3 Å². The van der Waals surface area contributed by atoms with Gasteiger partial charge in [0.25, 0.3) is 5.91 Å². The minimum absolute atomic E-state index is 0.241. The van der Waals surface area contributed by atoms with Crippen LogP contribution in [0.3, 0.4) is 0 Å². The lowest BCUT2D eigenvalue weighted by molar-refractivity contribution is -0.129. The maximum Gasteiger partial charge on any atom is 0.265 e. The summed E-state index contributed by atoms with van der Waals surface area (Å²) in [5.41, 5.74) is 0.729. The molecule has 3 N–H and O–H groups in total. The van der Waals surface area contributed by atoms with Crippen LogP contribution in [-0.2, 0) is 10.4 Å². The van der Waals surface area contributed by atoms with Gasteiger partial charge in [-0.25, -0.2) is 4.39 Å². The molecule has 0 radical (unpaired) electrons. The lowest BCUT2D eigenvalue weighted by atomic mass is 9.85. The molecule has 3 aromatic rings. The molecule has 2 heterocycles. The Balaban J connectivity index is 2.08. The predicted octanol–water partition coefficient (Wildman–Crippen LogP) is 2.80. The van der Waals surface area contributed by atoms with Gasteiger partial charge < -0.3 is 15.4 Å². The van der Waals surface area contributed by atoms with E-state index in [0.29, 0.717) is 16.9 Å². The number of amides is 1. The number of H-pyrrole nitrogens is 1. The Labute approximate surface area is 125 Å². The van der Waals surface area contributed by atoms with Crippen molar-refractivity contribution in [2.24, 2.45) is 0 Å². The number of aromatic nitrogens is 1.